The minimum absolute atomic E-state index is 0.0535. The zero-order chi connectivity index (χ0) is 24.1. The molecule has 0 fully saturated rings. The SMILES string of the molecule is CN(c1ccccc1)S(=O)(=O)c1ccc(Cl)c(C(=O)OCC(=O)NC(=O)NC(C)(C)C)c1. The van der Waals surface area contributed by atoms with E-state index in [1.54, 1.807) is 51.1 Å². The molecule has 0 atom stereocenters. The van der Waals surface area contributed by atoms with Crippen molar-refractivity contribution in [3.63, 3.8) is 0 Å². The van der Waals surface area contributed by atoms with Crippen LogP contribution in [0.5, 0.6) is 0 Å². The number of hydrogen-bond donors (Lipinski definition) is 2. The summed E-state index contributed by atoms with van der Waals surface area (Å²) < 4.78 is 31.8. The van der Waals surface area contributed by atoms with Gasteiger partial charge in [0.25, 0.3) is 15.9 Å². The van der Waals surface area contributed by atoms with E-state index in [4.69, 9.17) is 16.3 Å². The summed E-state index contributed by atoms with van der Waals surface area (Å²) in [5, 5.41) is 4.49. The second-order valence-corrected chi connectivity index (χ2v) is 10.2. The number of imide groups is 1. The predicted molar refractivity (Wildman–Crippen MR) is 120 cm³/mol. The molecule has 0 unspecified atom stereocenters. The maximum absolute atomic E-state index is 12.9. The van der Waals surface area contributed by atoms with Crippen LogP contribution in [-0.2, 0) is 19.6 Å². The number of urea groups is 1. The summed E-state index contributed by atoms with van der Waals surface area (Å²) in [5.41, 5.74) is -0.370. The summed E-state index contributed by atoms with van der Waals surface area (Å²) in [5.74, 6) is -1.87. The summed E-state index contributed by atoms with van der Waals surface area (Å²) in [4.78, 5) is 35.8. The van der Waals surface area contributed by atoms with Crippen molar-refractivity contribution in [1.82, 2.24) is 10.6 Å². The van der Waals surface area contributed by atoms with Gasteiger partial charge in [-0.1, -0.05) is 29.8 Å². The van der Waals surface area contributed by atoms with E-state index in [1.165, 1.54) is 19.2 Å². The van der Waals surface area contributed by atoms with E-state index in [-0.39, 0.29) is 15.5 Å². The molecule has 0 spiro atoms. The first-order valence-electron chi connectivity index (χ1n) is 9.44. The van der Waals surface area contributed by atoms with Crippen molar-refractivity contribution in [2.45, 2.75) is 31.2 Å². The van der Waals surface area contributed by atoms with Crippen LogP contribution < -0.4 is 14.9 Å². The smallest absolute Gasteiger partial charge is 0.340 e. The van der Waals surface area contributed by atoms with Gasteiger partial charge >= 0.3 is 12.0 Å². The van der Waals surface area contributed by atoms with Crippen LogP contribution in [-0.4, -0.2) is 45.5 Å². The van der Waals surface area contributed by atoms with Gasteiger partial charge in [0.05, 0.1) is 21.2 Å². The first-order valence-corrected chi connectivity index (χ1v) is 11.3. The van der Waals surface area contributed by atoms with Crippen LogP contribution in [0.2, 0.25) is 5.02 Å². The molecule has 11 heteroatoms. The number of esters is 1. The second-order valence-electron chi connectivity index (χ2n) is 7.78. The van der Waals surface area contributed by atoms with Crippen molar-refractivity contribution in [2.24, 2.45) is 0 Å². The van der Waals surface area contributed by atoms with Gasteiger partial charge in [0.15, 0.2) is 6.61 Å². The number of amides is 3. The molecule has 0 aliphatic carbocycles. The number of hydrogen-bond acceptors (Lipinski definition) is 6. The Balaban J connectivity index is 2.12. The third kappa shape index (κ3) is 6.69. The third-order valence-corrected chi connectivity index (χ3v) is 6.12. The number of sulfonamides is 1. The van der Waals surface area contributed by atoms with Crippen LogP contribution in [0.25, 0.3) is 0 Å². The molecule has 0 bridgehead atoms. The number of anilines is 1. The molecule has 172 valence electrons. The molecule has 32 heavy (non-hydrogen) atoms. The summed E-state index contributed by atoms with van der Waals surface area (Å²) in [7, 11) is -2.62. The monoisotopic (exact) mass is 481 g/mol. The van der Waals surface area contributed by atoms with E-state index in [1.807, 2.05) is 5.32 Å². The van der Waals surface area contributed by atoms with Gasteiger partial charge in [-0.15, -0.1) is 0 Å². The minimum Gasteiger partial charge on any atom is -0.452 e. The van der Waals surface area contributed by atoms with Gasteiger partial charge in [0, 0.05) is 12.6 Å². The lowest BCUT2D eigenvalue weighted by atomic mass is 10.1. The highest BCUT2D eigenvalue weighted by molar-refractivity contribution is 7.92. The van der Waals surface area contributed by atoms with Gasteiger partial charge in [0.1, 0.15) is 0 Å². The molecule has 0 aliphatic heterocycles. The predicted octanol–water partition coefficient (Wildman–Crippen LogP) is 2.95. The van der Waals surface area contributed by atoms with Crippen LogP contribution >= 0.6 is 11.6 Å². The van der Waals surface area contributed by atoms with Crippen molar-refractivity contribution in [2.75, 3.05) is 18.0 Å². The molecule has 2 rings (SSSR count). The fourth-order valence-corrected chi connectivity index (χ4v) is 3.92. The number of benzene rings is 2. The molecule has 0 saturated carbocycles. The van der Waals surface area contributed by atoms with Crippen LogP contribution in [0.1, 0.15) is 31.1 Å². The number of carbonyl (C=O) groups excluding carboxylic acids is 3. The van der Waals surface area contributed by atoms with E-state index < -0.39 is 40.1 Å². The van der Waals surface area contributed by atoms with E-state index in [9.17, 15) is 22.8 Å². The zero-order valence-corrected chi connectivity index (χ0v) is 19.6. The largest absolute Gasteiger partial charge is 0.452 e. The van der Waals surface area contributed by atoms with Crippen molar-refractivity contribution >= 4 is 45.2 Å². The van der Waals surface area contributed by atoms with Gasteiger partial charge in [-0.05, 0) is 51.1 Å². The summed E-state index contributed by atoms with van der Waals surface area (Å²) in [6.45, 7) is 4.44. The Morgan fingerprint density at radius 1 is 1.06 bits per heavy atom. The number of halogens is 1. The highest BCUT2D eigenvalue weighted by atomic mass is 35.5. The van der Waals surface area contributed by atoms with Gasteiger partial charge in [-0.25, -0.2) is 18.0 Å². The molecule has 0 radical (unpaired) electrons. The third-order valence-electron chi connectivity index (χ3n) is 4.01. The molecular weight excluding hydrogens is 458 g/mol. The van der Waals surface area contributed by atoms with Crippen molar-refractivity contribution < 1.29 is 27.5 Å². The average molecular weight is 482 g/mol. The number of carbonyl (C=O) groups is 3. The van der Waals surface area contributed by atoms with Crippen molar-refractivity contribution in [1.29, 1.82) is 0 Å². The summed E-state index contributed by atoms with van der Waals surface area (Å²) >= 11 is 6.04. The number of para-hydroxylation sites is 1. The first kappa shape index (κ1) is 25.2. The molecule has 2 N–H and O–H groups in total. The molecule has 0 saturated heterocycles. The average Bonchev–Trinajstić information content (AvgIpc) is 2.70. The highest BCUT2D eigenvalue weighted by Crippen LogP contribution is 2.26. The van der Waals surface area contributed by atoms with E-state index in [0.717, 1.165) is 10.4 Å². The standard InChI is InChI=1S/C21H24ClN3O6S/c1-21(2,3)24-20(28)23-18(26)13-31-19(27)16-12-15(10-11-17(16)22)32(29,30)25(4)14-8-6-5-7-9-14/h5-12H,13H2,1-4H3,(H2,23,24,26,28). The number of nitrogens with one attached hydrogen (secondary N) is 2. The Kier molecular flexibility index (Phi) is 7.87. The summed E-state index contributed by atoms with van der Waals surface area (Å²) in [6, 6.07) is 11.2. The Morgan fingerprint density at radius 2 is 1.69 bits per heavy atom. The Labute approximate surface area is 191 Å². The van der Waals surface area contributed by atoms with Gasteiger partial charge in [-0.2, -0.15) is 0 Å². The molecule has 2 aromatic carbocycles. The lowest BCUT2D eigenvalue weighted by molar-refractivity contribution is -0.123. The van der Waals surface area contributed by atoms with Gasteiger partial charge in [0.2, 0.25) is 0 Å². The van der Waals surface area contributed by atoms with Crippen molar-refractivity contribution in [3.8, 4) is 0 Å². The van der Waals surface area contributed by atoms with Crippen LogP contribution in [0, 0.1) is 0 Å². The normalized spacial score (nSPS) is 11.4. The number of ether oxygens (including phenoxy) is 1. The molecule has 0 heterocycles. The number of nitrogens with zero attached hydrogens (tertiary/aromatic N) is 1. The fourth-order valence-electron chi connectivity index (χ4n) is 2.50. The van der Waals surface area contributed by atoms with Crippen LogP contribution in [0.3, 0.4) is 0 Å². The van der Waals surface area contributed by atoms with Crippen molar-refractivity contribution in [3.05, 3.63) is 59.1 Å². The van der Waals surface area contributed by atoms with E-state index in [2.05, 4.69) is 5.32 Å². The zero-order valence-electron chi connectivity index (χ0n) is 18.0. The molecular formula is C21H24ClN3O6S. The molecule has 3 amide bonds. The first-order chi connectivity index (χ1) is 14.8. The van der Waals surface area contributed by atoms with E-state index in [0.29, 0.717) is 5.69 Å². The maximum Gasteiger partial charge on any atom is 0.340 e. The molecule has 0 aromatic heterocycles. The lowest BCUT2D eigenvalue weighted by Crippen LogP contribution is -2.49. The lowest BCUT2D eigenvalue weighted by Gasteiger charge is -2.20. The van der Waals surface area contributed by atoms with Crippen LogP contribution in [0.15, 0.2) is 53.4 Å². The number of rotatable bonds is 6. The molecule has 9 nitrogen and oxygen atoms in total. The van der Waals surface area contributed by atoms with Gasteiger partial charge in [-0.3, -0.25) is 14.4 Å². The minimum atomic E-state index is -3.99. The Bertz CT molecular complexity index is 1110. The Morgan fingerprint density at radius 3 is 2.28 bits per heavy atom. The molecule has 0 aliphatic rings. The van der Waals surface area contributed by atoms with E-state index >= 15 is 0 Å². The molecule has 2 aromatic rings. The fraction of sp³-hybridized carbons (Fsp3) is 0.286. The topological polar surface area (TPSA) is 122 Å². The quantitative estimate of drug-likeness (QED) is 0.612. The van der Waals surface area contributed by atoms with Gasteiger partial charge < -0.3 is 10.1 Å². The second kappa shape index (κ2) is 10.0. The highest BCUT2D eigenvalue weighted by Gasteiger charge is 2.25. The summed E-state index contributed by atoms with van der Waals surface area (Å²) in [6.07, 6.45) is 0. The Hall–Kier alpha value is -3.11. The maximum atomic E-state index is 12.9. The van der Waals surface area contributed by atoms with Crippen LogP contribution in [0.4, 0.5) is 10.5 Å².